The number of amides is 1. The molecular formula is C28H36F2N4O5S. The lowest BCUT2D eigenvalue weighted by Gasteiger charge is -2.35. The van der Waals surface area contributed by atoms with Crippen LogP contribution in [0.3, 0.4) is 0 Å². The van der Waals surface area contributed by atoms with E-state index in [4.69, 9.17) is 5.11 Å². The summed E-state index contributed by atoms with van der Waals surface area (Å²) in [7, 11) is -3.76. The quantitative estimate of drug-likeness (QED) is 0.410. The first-order chi connectivity index (χ1) is 18.9. The van der Waals surface area contributed by atoms with Crippen LogP contribution >= 0.6 is 0 Å². The number of benzene rings is 1. The summed E-state index contributed by atoms with van der Waals surface area (Å²) in [5, 5.41) is 11.8. The van der Waals surface area contributed by atoms with Gasteiger partial charge in [0.25, 0.3) is 11.5 Å². The van der Waals surface area contributed by atoms with Gasteiger partial charge in [-0.1, -0.05) is 0 Å². The van der Waals surface area contributed by atoms with Crippen LogP contribution in [0.15, 0.2) is 41.3 Å². The third-order valence-electron chi connectivity index (χ3n) is 8.74. The number of aromatic nitrogens is 1. The number of carbonyl (C=O) groups excluding carboxylic acids is 1. The number of piperidine rings is 1. The maximum atomic E-state index is 13.9. The van der Waals surface area contributed by atoms with Gasteiger partial charge in [0.15, 0.2) is 0 Å². The standard InChI is InChI=1S/C28H36F2N4O5S/c1-27(29,30)19-4-6-21(17-19)34-12-2-3-23(26(34)37)31-25(36)22-7-5-20(32-40(38,39)16-15-35)18-24(22)33-13-10-28(8-9-28)11-14-33/h2-3,5,7,12,18-19,21,32,35H,4,6,8-11,13-17H2,1H3,(H,31,36)/t19-,21+/m0/s1. The van der Waals surface area contributed by atoms with Gasteiger partial charge in [-0.25, -0.2) is 17.2 Å². The van der Waals surface area contributed by atoms with E-state index in [2.05, 4.69) is 14.9 Å². The van der Waals surface area contributed by atoms with Gasteiger partial charge in [-0.3, -0.25) is 14.3 Å². The van der Waals surface area contributed by atoms with Crippen molar-refractivity contribution in [2.45, 2.75) is 63.8 Å². The van der Waals surface area contributed by atoms with Gasteiger partial charge in [0, 0.05) is 31.2 Å². The Morgan fingerprint density at radius 3 is 2.50 bits per heavy atom. The lowest BCUT2D eigenvalue weighted by Crippen LogP contribution is -2.36. The molecule has 3 aliphatic rings. The van der Waals surface area contributed by atoms with E-state index in [0.29, 0.717) is 29.5 Å². The molecule has 1 aromatic heterocycles. The number of sulfonamides is 1. The van der Waals surface area contributed by atoms with Crippen molar-refractivity contribution in [3.63, 3.8) is 0 Å². The predicted octanol–water partition coefficient (Wildman–Crippen LogP) is 4.21. The molecule has 0 bridgehead atoms. The summed E-state index contributed by atoms with van der Waals surface area (Å²) in [5.41, 5.74) is 1.10. The van der Waals surface area contributed by atoms with Gasteiger partial charge in [0.1, 0.15) is 5.69 Å². The summed E-state index contributed by atoms with van der Waals surface area (Å²) < 4.78 is 56.1. The first kappa shape index (κ1) is 28.5. The molecule has 218 valence electrons. The lowest BCUT2D eigenvalue weighted by atomic mass is 9.93. The number of nitrogens with zero attached hydrogens (tertiary/aromatic N) is 2. The molecule has 1 aromatic carbocycles. The summed E-state index contributed by atoms with van der Waals surface area (Å²) in [4.78, 5) is 28.9. The van der Waals surface area contributed by atoms with Crippen molar-refractivity contribution in [2.24, 2.45) is 11.3 Å². The molecular weight excluding hydrogens is 542 g/mol. The largest absolute Gasteiger partial charge is 0.395 e. The molecule has 3 fully saturated rings. The fourth-order valence-corrected chi connectivity index (χ4v) is 6.88. The molecule has 0 radical (unpaired) electrons. The van der Waals surface area contributed by atoms with Gasteiger partial charge < -0.3 is 19.9 Å². The maximum Gasteiger partial charge on any atom is 0.274 e. The minimum absolute atomic E-state index is 0.0495. The smallest absolute Gasteiger partial charge is 0.274 e. The van der Waals surface area contributed by atoms with Crippen LogP contribution < -0.4 is 20.5 Å². The van der Waals surface area contributed by atoms with Crippen molar-refractivity contribution < 1.29 is 27.1 Å². The number of hydrogen-bond donors (Lipinski definition) is 3. The van der Waals surface area contributed by atoms with E-state index >= 15 is 0 Å². The van der Waals surface area contributed by atoms with E-state index in [9.17, 15) is 26.8 Å². The highest BCUT2D eigenvalue weighted by Crippen LogP contribution is 2.54. The fourth-order valence-electron chi connectivity index (χ4n) is 6.05. The van der Waals surface area contributed by atoms with Crippen molar-refractivity contribution >= 4 is 33.0 Å². The molecule has 2 saturated carbocycles. The molecule has 1 aliphatic heterocycles. The number of aliphatic hydroxyl groups excluding tert-OH is 1. The van der Waals surface area contributed by atoms with E-state index in [-0.39, 0.29) is 23.8 Å². The monoisotopic (exact) mass is 578 g/mol. The molecule has 1 saturated heterocycles. The molecule has 40 heavy (non-hydrogen) atoms. The average molecular weight is 579 g/mol. The third kappa shape index (κ3) is 6.17. The number of alkyl halides is 2. The Morgan fingerprint density at radius 2 is 1.88 bits per heavy atom. The number of pyridine rings is 1. The average Bonchev–Trinajstić information content (AvgIpc) is 3.43. The Balaban J connectivity index is 1.39. The molecule has 1 amide bonds. The van der Waals surface area contributed by atoms with Crippen molar-refractivity contribution in [2.75, 3.05) is 40.4 Å². The highest BCUT2D eigenvalue weighted by atomic mass is 32.2. The summed E-state index contributed by atoms with van der Waals surface area (Å²) in [5.74, 6) is -4.58. The number of anilines is 3. The first-order valence-electron chi connectivity index (χ1n) is 13.8. The van der Waals surface area contributed by atoms with Gasteiger partial charge in [0.05, 0.1) is 29.3 Å². The topological polar surface area (TPSA) is 121 Å². The lowest BCUT2D eigenvalue weighted by molar-refractivity contribution is -0.0379. The van der Waals surface area contributed by atoms with Crippen LogP contribution in [0, 0.1) is 11.3 Å². The zero-order chi connectivity index (χ0) is 28.7. The Morgan fingerprint density at radius 1 is 1.15 bits per heavy atom. The summed E-state index contributed by atoms with van der Waals surface area (Å²) >= 11 is 0. The van der Waals surface area contributed by atoms with Crippen molar-refractivity contribution in [1.82, 2.24) is 4.57 Å². The van der Waals surface area contributed by atoms with E-state index < -0.39 is 45.7 Å². The zero-order valence-electron chi connectivity index (χ0n) is 22.5. The van der Waals surface area contributed by atoms with Crippen LogP contribution in [0.5, 0.6) is 0 Å². The van der Waals surface area contributed by atoms with Crippen molar-refractivity contribution in [1.29, 1.82) is 0 Å². The SMILES string of the molecule is CC(F)(F)[C@H]1CC[C@@H](n2cccc(NC(=O)c3ccc(NS(=O)(=O)CCO)cc3N3CCC4(CC3)CC4)c2=O)C1. The van der Waals surface area contributed by atoms with Gasteiger partial charge in [-0.05, 0) is 87.6 Å². The van der Waals surface area contributed by atoms with Crippen molar-refractivity contribution in [3.8, 4) is 0 Å². The second-order valence-electron chi connectivity index (χ2n) is 11.6. The van der Waals surface area contributed by atoms with Gasteiger partial charge in [0.2, 0.25) is 15.9 Å². The van der Waals surface area contributed by atoms with Crippen LogP contribution in [-0.2, 0) is 10.0 Å². The molecule has 2 atom stereocenters. The molecule has 1 spiro atoms. The number of halogens is 2. The van der Waals surface area contributed by atoms with Crippen LogP contribution in [0.25, 0.3) is 0 Å². The Kier molecular flexibility index (Phi) is 7.68. The van der Waals surface area contributed by atoms with Crippen LogP contribution in [0.2, 0.25) is 0 Å². The minimum atomic E-state index is -3.76. The maximum absolute atomic E-state index is 13.9. The predicted molar refractivity (Wildman–Crippen MR) is 150 cm³/mol. The molecule has 2 aliphatic carbocycles. The Hall–Kier alpha value is -2.99. The highest BCUT2D eigenvalue weighted by Gasteiger charge is 2.45. The van der Waals surface area contributed by atoms with Crippen molar-refractivity contribution in [3.05, 3.63) is 52.4 Å². The number of nitrogens with one attached hydrogen (secondary N) is 2. The molecule has 12 heteroatoms. The zero-order valence-corrected chi connectivity index (χ0v) is 23.4. The second kappa shape index (κ2) is 10.8. The molecule has 2 heterocycles. The number of carbonyl (C=O) groups is 1. The van der Waals surface area contributed by atoms with Crippen LogP contribution in [0.1, 0.15) is 68.3 Å². The summed E-state index contributed by atoms with van der Waals surface area (Å²) in [6, 6.07) is 7.36. The molecule has 0 unspecified atom stereocenters. The van der Waals surface area contributed by atoms with E-state index in [1.165, 1.54) is 35.6 Å². The van der Waals surface area contributed by atoms with E-state index in [0.717, 1.165) is 32.9 Å². The second-order valence-corrected chi connectivity index (χ2v) is 13.4. The minimum Gasteiger partial charge on any atom is -0.395 e. The fraction of sp³-hybridized carbons (Fsp3) is 0.571. The number of rotatable bonds is 9. The molecule has 3 N–H and O–H groups in total. The molecule has 9 nitrogen and oxygen atoms in total. The van der Waals surface area contributed by atoms with Crippen LogP contribution in [-0.4, -0.2) is 55.4 Å². The van der Waals surface area contributed by atoms with Gasteiger partial charge in [-0.15, -0.1) is 0 Å². The Bertz CT molecular complexity index is 1420. The highest BCUT2D eigenvalue weighted by molar-refractivity contribution is 7.92. The molecule has 2 aromatic rings. The summed E-state index contributed by atoms with van der Waals surface area (Å²) in [6.07, 6.45) is 6.91. The summed E-state index contributed by atoms with van der Waals surface area (Å²) in [6.45, 7) is 1.83. The van der Waals surface area contributed by atoms with Gasteiger partial charge >= 0.3 is 0 Å². The van der Waals surface area contributed by atoms with Crippen LogP contribution in [0.4, 0.5) is 25.8 Å². The van der Waals surface area contributed by atoms with Gasteiger partial charge in [-0.2, -0.15) is 0 Å². The third-order valence-corrected chi connectivity index (χ3v) is 10.0. The first-order valence-corrected chi connectivity index (χ1v) is 15.5. The molecule has 5 rings (SSSR count). The van der Waals surface area contributed by atoms with E-state index in [1.54, 1.807) is 18.3 Å². The number of aliphatic hydroxyl groups is 1. The number of hydrogen-bond acceptors (Lipinski definition) is 6. The van der Waals surface area contributed by atoms with E-state index in [1.807, 2.05) is 0 Å². The Labute approximate surface area is 232 Å². The normalized spacial score (nSPS) is 22.4.